The number of halogens is 1. The lowest BCUT2D eigenvalue weighted by Gasteiger charge is -2.29. The van der Waals surface area contributed by atoms with Crippen LogP contribution in [-0.4, -0.2) is 29.7 Å². The van der Waals surface area contributed by atoms with E-state index in [0.717, 1.165) is 29.7 Å². The van der Waals surface area contributed by atoms with Crippen LogP contribution >= 0.6 is 11.6 Å². The molecule has 35 heavy (non-hydrogen) atoms. The summed E-state index contributed by atoms with van der Waals surface area (Å²) < 4.78 is 0. The normalized spacial score (nSPS) is 26.9. The maximum Gasteiger partial charge on any atom is 0.250 e. The Hall–Kier alpha value is -3.23. The van der Waals surface area contributed by atoms with Gasteiger partial charge in [-0.25, -0.2) is 4.90 Å². The van der Waals surface area contributed by atoms with Crippen LogP contribution < -0.4 is 21.3 Å². The fraction of sp³-hybridized carbons (Fsp3) is 0.385. The summed E-state index contributed by atoms with van der Waals surface area (Å²) in [4.78, 5) is 54.1. The molecule has 3 heterocycles. The molecule has 8 nitrogen and oxygen atoms in total. The van der Waals surface area contributed by atoms with E-state index in [-0.39, 0.29) is 6.42 Å². The molecule has 0 saturated carbocycles. The maximum atomic E-state index is 13.9. The minimum absolute atomic E-state index is 0.180. The summed E-state index contributed by atoms with van der Waals surface area (Å²) >= 11 is 6.28. The van der Waals surface area contributed by atoms with E-state index >= 15 is 0 Å². The Bertz CT molecular complexity index is 1260. The van der Waals surface area contributed by atoms with Gasteiger partial charge in [-0.15, -0.1) is 0 Å². The number of imide groups is 1. The number of unbranched alkanes of at least 4 members (excludes halogenated alkanes) is 1. The monoisotopic (exact) mass is 494 g/mol. The maximum absolute atomic E-state index is 13.9. The van der Waals surface area contributed by atoms with Crippen molar-refractivity contribution in [2.75, 3.05) is 10.2 Å². The van der Waals surface area contributed by atoms with Gasteiger partial charge in [-0.3, -0.25) is 24.5 Å². The number of aryl methyl sites for hydroxylation is 1. The molecule has 4 amide bonds. The highest BCUT2D eigenvalue weighted by Gasteiger charge is 2.70. The average Bonchev–Trinajstić information content (AvgIpc) is 3.40. The van der Waals surface area contributed by atoms with E-state index in [4.69, 9.17) is 17.3 Å². The molecule has 0 unspecified atom stereocenters. The minimum Gasteiger partial charge on any atom is -0.370 e. The van der Waals surface area contributed by atoms with Gasteiger partial charge in [0.25, 0.3) is 0 Å². The zero-order valence-corrected chi connectivity index (χ0v) is 20.3. The number of nitrogens with zero attached hydrogens (tertiary/aromatic N) is 1. The van der Waals surface area contributed by atoms with Crippen LogP contribution in [0.1, 0.15) is 42.9 Å². The van der Waals surface area contributed by atoms with E-state index in [1.165, 1.54) is 0 Å². The Balaban J connectivity index is 1.60. The first-order valence-corrected chi connectivity index (χ1v) is 12.2. The molecule has 4 N–H and O–H groups in total. The van der Waals surface area contributed by atoms with Crippen molar-refractivity contribution in [3.05, 3.63) is 58.1 Å². The third-order valence-electron chi connectivity index (χ3n) is 7.52. The largest absolute Gasteiger partial charge is 0.370 e. The Morgan fingerprint density at radius 3 is 2.49 bits per heavy atom. The molecule has 182 valence electrons. The first-order chi connectivity index (χ1) is 16.7. The summed E-state index contributed by atoms with van der Waals surface area (Å²) in [5, 5.41) is 6.53. The predicted molar refractivity (Wildman–Crippen MR) is 132 cm³/mol. The lowest BCUT2D eigenvalue weighted by molar-refractivity contribution is -0.130. The number of hydrogen-bond donors (Lipinski definition) is 3. The number of benzene rings is 2. The second kappa shape index (κ2) is 8.46. The highest BCUT2D eigenvalue weighted by molar-refractivity contribution is 6.32. The van der Waals surface area contributed by atoms with Gasteiger partial charge in [0.1, 0.15) is 5.54 Å². The van der Waals surface area contributed by atoms with Crippen molar-refractivity contribution in [3.8, 4) is 0 Å². The van der Waals surface area contributed by atoms with Gasteiger partial charge in [0.2, 0.25) is 23.6 Å². The Labute approximate surface area is 208 Å². The van der Waals surface area contributed by atoms with Gasteiger partial charge in [-0.1, -0.05) is 43.1 Å². The zero-order valence-electron chi connectivity index (χ0n) is 19.6. The van der Waals surface area contributed by atoms with Crippen molar-refractivity contribution in [1.82, 2.24) is 5.32 Å². The summed E-state index contributed by atoms with van der Waals surface area (Å²) in [7, 11) is 0. The quantitative estimate of drug-likeness (QED) is 0.533. The second-order valence-corrected chi connectivity index (χ2v) is 9.97. The molecule has 5 rings (SSSR count). The summed E-state index contributed by atoms with van der Waals surface area (Å²) in [6, 6.07) is 9.95. The summed E-state index contributed by atoms with van der Waals surface area (Å²) in [5.41, 5.74) is 7.30. The molecule has 2 saturated heterocycles. The molecule has 2 aromatic carbocycles. The van der Waals surface area contributed by atoms with Crippen molar-refractivity contribution < 1.29 is 19.2 Å². The van der Waals surface area contributed by atoms with Crippen LogP contribution in [0.15, 0.2) is 36.4 Å². The number of hydrogen-bond acceptors (Lipinski definition) is 5. The van der Waals surface area contributed by atoms with Gasteiger partial charge in [0, 0.05) is 23.0 Å². The molecule has 2 fully saturated rings. The minimum atomic E-state index is -1.50. The van der Waals surface area contributed by atoms with Crippen molar-refractivity contribution in [2.45, 2.75) is 51.1 Å². The number of carbonyl (C=O) groups excluding carboxylic acids is 4. The summed E-state index contributed by atoms with van der Waals surface area (Å²) in [5.74, 6) is -3.93. The van der Waals surface area contributed by atoms with Crippen molar-refractivity contribution in [2.24, 2.45) is 17.6 Å². The number of rotatable bonds is 6. The van der Waals surface area contributed by atoms with Crippen LogP contribution in [0, 0.1) is 18.8 Å². The predicted octanol–water partition coefficient (Wildman–Crippen LogP) is 2.79. The number of primary amides is 1. The van der Waals surface area contributed by atoms with Gasteiger partial charge in [-0.2, -0.15) is 0 Å². The van der Waals surface area contributed by atoms with Gasteiger partial charge in [0.15, 0.2) is 0 Å². The van der Waals surface area contributed by atoms with Crippen LogP contribution in [-0.2, 0) is 31.1 Å². The Morgan fingerprint density at radius 1 is 1.11 bits per heavy atom. The van der Waals surface area contributed by atoms with Gasteiger partial charge in [0.05, 0.1) is 23.2 Å². The third kappa shape index (κ3) is 3.38. The molecule has 0 aliphatic carbocycles. The van der Waals surface area contributed by atoms with Crippen LogP contribution in [0.5, 0.6) is 0 Å². The number of fused-ring (bicyclic) bond motifs is 4. The number of nitrogens with one attached hydrogen (secondary N) is 2. The smallest absolute Gasteiger partial charge is 0.250 e. The lowest BCUT2D eigenvalue weighted by atomic mass is 9.76. The number of anilines is 2. The first-order valence-electron chi connectivity index (χ1n) is 11.8. The van der Waals surface area contributed by atoms with Gasteiger partial charge >= 0.3 is 0 Å². The molecule has 4 atom stereocenters. The standard InChI is InChI=1S/C26H27ClN4O4/c1-3-4-5-14-6-8-15(9-7-14)31-23(33)20-18(12-19(28)32)30-26(21(20)24(31)34)16-10-11-17(27)13(2)22(16)29-25(26)35/h6-11,18,20-21,30H,3-5,12H2,1-2H3,(H2,28,32)(H,29,35)/t18-,20+,21+,26+/m1/s1. The van der Waals surface area contributed by atoms with E-state index in [1.54, 1.807) is 31.2 Å². The van der Waals surface area contributed by atoms with E-state index in [9.17, 15) is 19.2 Å². The molecule has 9 heteroatoms. The summed E-state index contributed by atoms with van der Waals surface area (Å²) in [6.07, 6.45) is 2.85. The number of amides is 4. The molecule has 3 aliphatic rings. The van der Waals surface area contributed by atoms with E-state index in [0.29, 0.717) is 27.5 Å². The third-order valence-corrected chi connectivity index (χ3v) is 7.93. The van der Waals surface area contributed by atoms with Gasteiger partial charge in [-0.05, 0) is 49.1 Å². The average molecular weight is 495 g/mol. The highest BCUT2D eigenvalue weighted by atomic mass is 35.5. The van der Waals surface area contributed by atoms with Crippen LogP contribution in [0.4, 0.5) is 11.4 Å². The molecule has 0 radical (unpaired) electrons. The zero-order chi connectivity index (χ0) is 25.1. The van der Waals surface area contributed by atoms with E-state index < -0.39 is 47.0 Å². The second-order valence-electron chi connectivity index (χ2n) is 9.56. The van der Waals surface area contributed by atoms with Crippen molar-refractivity contribution in [1.29, 1.82) is 0 Å². The molecule has 3 aliphatic heterocycles. The molecular formula is C26H27ClN4O4. The highest BCUT2D eigenvalue weighted by Crippen LogP contribution is 2.55. The Morgan fingerprint density at radius 2 is 1.83 bits per heavy atom. The molecule has 0 aromatic heterocycles. The van der Waals surface area contributed by atoms with E-state index in [1.807, 2.05) is 12.1 Å². The van der Waals surface area contributed by atoms with Gasteiger partial charge < -0.3 is 11.1 Å². The molecule has 2 aromatic rings. The lowest BCUT2D eigenvalue weighted by Crippen LogP contribution is -2.53. The number of carbonyl (C=O) groups is 4. The fourth-order valence-electron chi connectivity index (χ4n) is 5.83. The van der Waals surface area contributed by atoms with Crippen molar-refractivity contribution >= 4 is 46.6 Å². The van der Waals surface area contributed by atoms with E-state index in [2.05, 4.69) is 17.6 Å². The fourth-order valence-corrected chi connectivity index (χ4v) is 5.99. The topological polar surface area (TPSA) is 122 Å². The Kier molecular flexibility index (Phi) is 5.68. The molecular weight excluding hydrogens is 468 g/mol. The number of nitrogens with two attached hydrogens (primary N) is 1. The van der Waals surface area contributed by atoms with Crippen LogP contribution in [0.2, 0.25) is 5.02 Å². The summed E-state index contributed by atoms with van der Waals surface area (Å²) in [6.45, 7) is 3.90. The molecule has 1 spiro atoms. The van der Waals surface area contributed by atoms with Crippen molar-refractivity contribution in [3.63, 3.8) is 0 Å². The molecule has 0 bridgehead atoms. The van der Waals surface area contributed by atoms with Crippen LogP contribution in [0.25, 0.3) is 0 Å². The SMILES string of the molecule is CCCCc1ccc(N2C(=O)[C@@H]3[C@@H](C2=O)[C@]2(N[C@@H]3CC(N)=O)C(=O)Nc3c2ccc(Cl)c3C)cc1. The van der Waals surface area contributed by atoms with Crippen LogP contribution in [0.3, 0.4) is 0 Å². The first kappa shape index (κ1) is 23.5.